The largest absolute Gasteiger partial charge is 0.497 e. The molecule has 0 bridgehead atoms. The second kappa shape index (κ2) is 7.20. The maximum Gasteiger partial charge on any atom is 0.270 e. The zero-order chi connectivity index (χ0) is 17.1. The molecule has 0 aliphatic carbocycles. The van der Waals surface area contributed by atoms with E-state index in [1.807, 2.05) is 54.6 Å². The SMILES string of the molecule is CCc1ccccc1N1C(=O)C(=Cc2ccc(OC)cc2)SC1=S. The highest BCUT2D eigenvalue weighted by atomic mass is 32.2. The molecule has 24 heavy (non-hydrogen) atoms. The quantitative estimate of drug-likeness (QED) is 0.589. The highest BCUT2D eigenvalue weighted by Gasteiger charge is 2.34. The van der Waals surface area contributed by atoms with Crippen molar-refractivity contribution in [2.75, 3.05) is 12.0 Å². The van der Waals surface area contributed by atoms with Gasteiger partial charge in [0.05, 0.1) is 17.7 Å². The highest BCUT2D eigenvalue weighted by molar-refractivity contribution is 8.27. The Morgan fingerprint density at radius 1 is 1.17 bits per heavy atom. The Morgan fingerprint density at radius 2 is 1.88 bits per heavy atom. The summed E-state index contributed by atoms with van der Waals surface area (Å²) in [5, 5.41) is 0. The van der Waals surface area contributed by atoms with E-state index in [0.717, 1.165) is 29.0 Å². The fourth-order valence-corrected chi connectivity index (χ4v) is 3.84. The molecular formula is C19H17NO2S2. The molecule has 0 unspecified atom stereocenters. The van der Waals surface area contributed by atoms with Gasteiger partial charge in [0.25, 0.3) is 5.91 Å². The molecule has 1 aliphatic heterocycles. The average molecular weight is 355 g/mol. The fraction of sp³-hybridized carbons (Fsp3) is 0.158. The smallest absolute Gasteiger partial charge is 0.270 e. The normalized spacial score (nSPS) is 16.1. The van der Waals surface area contributed by atoms with Gasteiger partial charge in [0.1, 0.15) is 5.75 Å². The van der Waals surface area contributed by atoms with E-state index >= 15 is 0 Å². The second-order valence-electron chi connectivity index (χ2n) is 5.27. The summed E-state index contributed by atoms with van der Waals surface area (Å²) < 4.78 is 5.73. The van der Waals surface area contributed by atoms with E-state index in [9.17, 15) is 4.79 Å². The first-order valence-electron chi connectivity index (χ1n) is 7.64. The van der Waals surface area contributed by atoms with Crippen LogP contribution in [-0.4, -0.2) is 17.3 Å². The van der Waals surface area contributed by atoms with Crippen LogP contribution in [0.1, 0.15) is 18.1 Å². The van der Waals surface area contributed by atoms with Gasteiger partial charge in [0.2, 0.25) is 0 Å². The van der Waals surface area contributed by atoms with E-state index in [1.165, 1.54) is 11.8 Å². The van der Waals surface area contributed by atoms with Crippen molar-refractivity contribution < 1.29 is 9.53 Å². The molecule has 0 aromatic heterocycles. The summed E-state index contributed by atoms with van der Waals surface area (Å²) in [5.41, 5.74) is 2.93. The number of ether oxygens (including phenoxy) is 1. The molecule has 2 aromatic rings. The standard InChI is InChI=1S/C19H17NO2S2/c1-3-14-6-4-5-7-16(14)20-18(21)17(24-19(20)23)12-13-8-10-15(22-2)11-9-13/h4-12H,3H2,1-2H3. The summed E-state index contributed by atoms with van der Waals surface area (Å²) in [6.07, 6.45) is 2.72. The zero-order valence-corrected chi connectivity index (χ0v) is 15.1. The third-order valence-electron chi connectivity index (χ3n) is 3.82. The van der Waals surface area contributed by atoms with Gasteiger partial charge in [-0.1, -0.05) is 61.2 Å². The Balaban J connectivity index is 1.92. The first-order chi connectivity index (χ1) is 11.6. The number of carbonyl (C=O) groups excluding carboxylic acids is 1. The monoisotopic (exact) mass is 355 g/mol. The molecule has 0 spiro atoms. The molecule has 0 radical (unpaired) electrons. The summed E-state index contributed by atoms with van der Waals surface area (Å²) in [6.45, 7) is 2.07. The highest BCUT2D eigenvalue weighted by Crippen LogP contribution is 2.37. The van der Waals surface area contributed by atoms with Gasteiger partial charge in [-0.15, -0.1) is 0 Å². The van der Waals surface area contributed by atoms with Crippen LogP contribution in [0, 0.1) is 0 Å². The number of anilines is 1. The van der Waals surface area contributed by atoms with E-state index in [2.05, 4.69) is 6.92 Å². The summed E-state index contributed by atoms with van der Waals surface area (Å²) in [5.74, 6) is 0.721. The topological polar surface area (TPSA) is 29.5 Å². The van der Waals surface area contributed by atoms with Gasteiger partial charge in [-0.2, -0.15) is 0 Å². The minimum Gasteiger partial charge on any atom is -0.497 e. The second-order valence-corrected chi connectivity index (χ2v) is 6.95. The van der Waals surface area contributed by atoms with Crippen LogP contribution in [0.4, 0.5) is 5.69 Å². The van der Waals surface area contributed by atoms with Crippen LogP contribution in [0.25, 0.3) is 6.08 Å². The maximum absolute atomic E-state index is 12.8. The van der Waals surface area contributed by atoms with E-state index in [0.29, 0.717) is 9.23 Å². The minimum absolute atomic E-state index is 0.0679. The lowest BCUT2D eigenvalue weighted by Gasteiger charge is -2.18. The fourth-order valence-electron chi connectivity index (χ4n) is 2.55. The predicted molar refractivity (Wildman–Crippen MR) is 104 cm³/mol. The molecule has 3 rings (SSSR count). The first-order valence-corrected chi connectivity index (χ1v) is 8.86. The van der Waals surface area contributed by atoms with Crippen LogP contribution in [0.15, 0.2) is 53.4 Å². The molecule has 1 amide bonds. The number of amides is 1. The summed E-state index contributed by atoms with van der Waals surface area (Å²) >= 11 is 6.79. The lowest BCUT2D eigenvalue weighted by molar-refractivity contribution is -0.113. The van der Waals surface area contributed by atoms with Crippen molar-refractivity contribution in [3.63, 3.8) is 0 Å². The third-order valence-corrected chi connectivity index (χ3v) is 5.12. The predicted octanol–water partition coefficient (Wildman–Crippen LogP) is 4.66. The molecule has 122 valence electrons. The number of para-hydroxylation sites is 1. The first kappa shape index (κ1) is 16.7. The minimum atomic E-state index is -0.0679. The van der Waals surface area contributed by atoms with Crippen molar-refractivity contribution in [2.45, 2.75) is 13.3 Å². The Hall–Kier alpha value is -2.11. The zero-order valence-electron chi connectivity index (χ0n) is 13.5. The number of hydrogen-bond acceptors (Lipinski definition) is 4. The number of thiocarbonyl (C=S) groups is 1. The number of thioether (sulfide) groups is 1. The number of benzene rings is 2. The number of carbonyl (C=O) groups is 1. The number of nitrogens with zero attached hydrogens (tertiary/aromatic N) is 1. The Kier molecular flexibility index (Phi) is 5.02. The summed E-state index contributed by atoms with van der Waals surface area (Å²) in [6, 6.07) is 15.5. The van der Waals surface area contributed by atoms with Crippen molar-refractivity contribution in [1.29, 1.82) is 0 Å². The maximum atomic E-state index is 12.8. The third kappa shape index (κ3) is 3.23. The van der Waals surface area contributed by atoms with E-state index in [4.69, 9.17) is 17.0 Å². The molecule has 1 fully saturated rings. The van der Waals surface area contributed by atoms with Crippen LogP contribution in [-0.2, 0) is 11.2 Å². The molecule has 1 heterocycles. The molecule has 2 aromatic carbocycles. The van der Waals surface area contributed by atoms with Crippen molar-refractivity contribution in [3.05, 3.63) is 64.6 Å². The van der Waals surface area contributed by atoms with Crippen LogP contribution in [0.5, 0.6) is 5.75 Å². The number of rotatable bonds is 4. The lowest BCUT2D eigenvalue weighted by atomic mass is 10.1. The van der Waals surface area contributed by atoms with Crippen molar-refractivity contribution in [3.8, 4) is 5.75 Å². The summed E-state index contributed by atoms with van der Waals surface area (Å²) in [7, 11) is 1.63. The van der Waals surface area contributed by atoms with Gasteiger partial charge in [0.15, 0.2) is 4.32 Å². The van der Waals surface area contributed by atoms with Crippen molar-refractivity contribution in [1.82, 2.24) is 0 Å². The van der Waals surface area contributed by atoms with Gasteiger partial charge in [-0.05, 0) is 41.8 Å². The molecule has 1 saturated heterocycles. The lowest BCUT2D eigenvalue weighted by Crippen LogP contribution is -2.28. The van der Waals surface area contributed by atoms with Crippen LogP contribution >= 0.6 is 24.0 Å². The van der Waals surface area contributed by atoms with Gasteiger partial charge in [-0.3, -0.25) is 9.69 Å². The number of methoxy groups -OCH3 is 1. The number of hydrogen-bond donors (Lipinski definition) is 0. The van der Waals surface area contributed by atoms with E-state index in [1.54, 1.807) is 12.0 Å². The number of aryl methyl sites for hydroxylation is 1. The van der Waals surface area contributed by atoms with Gasteiger partial charge in [-0.25, -0.2) is 0 Å². The van der Waals surface area contributed by atoms with Gasteiger partial charge < -0.3 is 4.74 Å². The molecule has 3 nitrogen and oxygen atoms in total. The van der Waals surface area contributed by atoms with Crippen LogP contribution in [0.3, 0.4) is 0 Å². The van der Waals surface area contributed by atoms with E-state index in [-0.39, 0.29) is 5.91 Å². The molecule has 1 aliphatic rings. The Bertz CT molecular complexity index is 812. The molecular weight excluding hydrogens is 338 g/mol. The van der Waals surface area contributed by atoms with Gasteiger partial charge in [0, 0.05) is 0 Å². The van der Waals surface area contributed by atoms with Crippen molar-refractivity contribution in [2.24, 2.45) is 0 Å². The van der Waals surface area contributed by atoms with E-state index < -0.39 is 0 Å². The average Bonchev–Trinajstić information content (AvgIpc) is 2.89. The summed E-state index contributed by atoms with van der Waals surface area (Å²) in [4.78, 5) is 15.1. The molecule has 0 saturated carbocycles. The Labute approximate surface area is 151 Å². The van der Waals surface area contributed by atoms with Gasteiger partial charge >= 0.3 is 0 Å². The Morgan fingerprint density at radius 3 is 2.54 bits per heavy atom. The van der Waals surface area contributed by atoms with Crippen molar-refractivity contribution >= 4 is 46.0 Å². The van der Waals surface area contributed by atoms with Crippen LogP contribution in [0.2, 0.25) is 0 Å². The molecule has 5 heteroatoms. The van der Waals surface area contributed by atoms with Crippen LogP contribution < -0.4 is 9.64 Å². The molecule has 0 atom stereocenters. The molecule has 0 N–H and O–H groups in total.